The molecule has 10 heteroatoms. The quantitative estimate of drug-likeness (QED) is 0.270. The van der Waals surface area contributed by atoms with Gasteiger partial charge in [-0.25, -0.2) is 10.5 Å². The summed E-state index contributed by atoms with van der Waals surface area (Å²) >= 11 is 1.19. The van der Waals surface area contributed by atoms with Crippen LogP contribution in [-0.4, -0.2) is 38.2 Å². The smallest absolute Gasteiger partial charge is 0.240 e. The molecule has 0 bridgehead atoms. The third kappa shape index (κ3) is 5.11. The van der Waals surface area contributed by atoms with Crippen LogP contribution in [0, 0.1) is 0 Å². The van der Waals surface area contributed by atoms with E-state index in [1.54, 1.807) is 42.7 Å². The molecule has 1 aromatic carbocycles. The summed E-state index contributed by atoms with van der Waals surface area (Å²) in [6, 6.07) is 10.4. The van der Waals surface area contributed by atoms with Gasteiger partial charge in [-0.2, -0.15) is 10.1 Å². The predicted molar refractivity (Wildman–Crippen MR) is 97.0 cm³/mol. The molecule has 0 saturated heterocycles. The van der Waals surface area contributed by atoms with Gasteiger partial charge in [0, 0.05) is 5.56 Å². The minimum Gasteiger partial charge on any atom is -0.507 e. The minimum absolute atomic E-state index is 0.132. The summed E-state index contributed by atoms with van der Waals surface area (Å²) in [7, 11) is 0. The summed E-state index contributed by atoms with van der Waals surface area (Å²) in [6.07, 6.45) is 3.02. The highest BCUT2D eigenvalue weighted by molar-refractivity contribution is 7.99. The van der Waals surface area contributed by atoms with Crippen molar-refractivity contribution in [2.45, 2.75) is 11.7 Å². The van der Waals surface area contributed by atoms with Crippen LogP contribution in [-0.2, 0) is 11.3 Å². The first-order valence-electron chi connectivity index (χ1n) is 7.62. The number of para-hydroxylation sites is 1. The lowest BCUT2D eigenvalue weighted by Gasteiger charge is -2.01. The Balaban J connectivity index is 1.43. The number of furan rings is 1. The number of amides is 1. The first-order valence-corrected chi connectivity index (χ1v) is 8.60. The molecule has 1 amide bonds. The first-order chi connectivity index (χ1) is 12.7. The lowest BCUT2D eigenvalue weighted by molar-refractivity contribution is -0.118. The van der Waals surface area contributed by atoms with E-state index in [2.05, 4.69) is 31.0 Å². The van der Waals surface area contributed by atoms with E-state index in [0.29, 0.717) is 29.0 Å². The van der Waals surface area contributed by atoms with Crippen molar-refractivity contribution >= 4 is 29.8 Å². The Morgan fingerprint density at radius 2 is 2.23 bits per heavy atom. The van der Waals surface area contributed by atoms with Crippen molar-refractivity contribution in [3.05, 3.63) is 54.0 Å². The Kier molecular flexibility index (Phi) is 5.88. The average Bonchev–Trinajstić information content (AvgIpc) is 3.32. The SMILES string of the molecule is O=C(CSc1n[nH]c(N/N=C/c2ccccc2O)n1)NCc1ccco1. The number of rotatable bonds is 8. The van der Waals surface area contributed by atoms with Crippen LogP contribution in [0.15, 0.2) is 57.3 Å². The van der Waals surface area contributed by atoms with Gasteiger partial charge < -0.3 is 14.8 Å². The fourth-order valence-corrected chi connectivity index (χ4v) is 2.53. The van der Waals surface area contributed by atoms with Gasteiger partial charge in [-0.15, -0.1) is 5.10 Å². The van der Waals surface area contributed by atoms with E-state index in [1.165, 1.54) is 18.0 Å². The molecule has 26 heavy (non-hydrogen) atoms. The zero-order chi connectivity index (χ0) is 18.2. The van der Waals surface area contributed by atoms with Gasteiger partial charge in [0.2, 0.25) is 17.0 Å². The zero-order valence-electron chi connectivity index (χ0n) is 13.5. The maximum absolute atomic E-state index is 11.8. The fourth-order valence-electron chi connectivity index (χ4n) is 1.90. The number of aromatic amines is 1. The van der Waals surface area contributed by atoms with Gasteiger partial charge in [-0.05, 0) is 24.3 Å². The van der Waals surface area contributed by atoms with E-state index >= 15 is 0 Å². The van der Waals surface area contributed by atoms with E-state index in [1.807, 2.05) is 0 Å². The molecule has 0 aliphatic heterocycles. The van der Waals surface area contributed by atoms with Crippen molar-refractivity contribution in [3.63, 3.8) is 0 Å². The molecule has 0 saturated carbocycles. The number of hydrogen-bond acceptors (Lipinski definition) is 8. The van der Waals surface area contributed by atoms with Crippen molar-refractivity contribution in [1.29, 1.82) is 0 Å². The highest BCUT2D eigenvalue weighted by Gasteiger charge is 2.08. The van der Waals surface area contributed by atoms with E-state index in [4.69, 9.17) is 4.42 Å². The van der Waals surface area contributed by atoms with Crippen molar-refractivity contribution in [1.82, 2.24) is 20.5 Å². The Morgan fingerprint density at radius 1 is 1.35 bits per heavy atom. The van der Waals surface area contributed by atoms with Crippen molar-refractivity contribution < 1.29 is 14.3 Å². The molecule has 2 aromatic heterocycles. The number of carbonyl (C=O) groups excluding carboxylic acids is 1. The number of hydrazone groups is 1. The monoisotopic (exact) mass is 372 g/mol. The minimum atomic E-state index is -0.150. The molecule has 0 aliphatic rings. The number of carbonyl (C=O) groups is 1. The number of aromatic hydroxyl groups is 1. The number of nitrogens with one attached hydrogen (secondary N) is 3. The summed E-state index contributed by atoms with van der Waals surface area (Å²) in [5.41, 5.74) is 3.25. The van der Waals surface area contributed by atoms with E-state index in [-0.39, 0.29) is 17.4 Å². The van der Waals surface area contributed by atoms with E-state index in [9.17, 15) is 9.90 Å². The van der Waals surface area contributed by atoms with Crippen LogP contribution in [0.5, 0.6) is 5.75 Å². The molecule has 0 atom stereocenters. The molecule has 4 N–H and O–H groups in total. The lowest BCUT2D eigenvalue weighted by Crippen LogP contribution is -2.24. The van der Waals surface area contributed by atoms with Crippen LogP contribution in [0.4, 0.5) is 5.95 Å². The van der Waals surface area contributed by atoms with Gasteiger partial charge in [0.25, 0.3) is 0 Å². The van der Waals surface area contributed by atoms with E-state index < -0.39 is 0 Å². The second kappa shape index (κ2) is 8.72. The normalized spacial score (nSPS) is 10.9. The molecule has 134 valence electrons. The highest BCUT2D eigenvalue weighted by Crippen LogP contribution is 2.15. The summed E-state index contributed by atoms with van der Waals surface area (Å²) in [6.45, 7) is 0.342. The van der Waals surface area contributed by atoms with E-state index in [0.717, 1.165) is 0 Å². The summed E-state index contributed by atoms with van der Waals surface area (Å²) < 4.78 is 5.14. The number of benzene rings is 1. The third-order valence-corrected chi connectivity index (χ3v) is 4.00. The van der Waals surface area contributed by atoms with Crippen molar-refractivity contribution in [2.75, 3.05) is 11.2 Å². The molecule has 2 heterocycles. The Hall–Kier alpha value is -3.27. The second-order valence-electron chi connectivity index (χ2n) is 5.04. The number of phenols is 1. The number of phenolic OH excluding ortho intramolecular Hbond substituents is 1. The third-order valence-electron chi connectivity index (χ3n) is 3.15. The Morgan fingerprint density at radius 3 is 3.04 bits per heavy atom. The topological polar surface area (TPSA) is 128 Å². The van der Waals surface area contributed by atoms with Crippen molar-refractivity contribution in [2.24, 2.45) is 5.10 Å². The molecule has 0 aliphatic carbocycles. The molecular weight excluding hydrogens is 356 g/mol. The molecule has 0 unspecified atom stereocenters. The highest BCUT2D eigenvalue weighted by atomic mass is 32.2. The Bertz CT molecular complexity index is 878. The molecule has 0 fully saturated rings. The summed E-state index contributed by atoms with van der Waals surface area (Å²) in [5, 5.41) is 23.4. The number of anilines is 1. The van der Waals surface area contributed by atoms with Gasteiger partial charge >= 0.3 is 0 Å². The van der Waals surface area contributed by atoms with Gasteiger partial charge in [0.15, 0.2) is 0 Å². The Labute approximate surface area is 152 Å². The number of thioether (sulfide) groups is 1. The number of nitrogens with zero attached hydrogens (tertiary/aromatic N) is 3. The van der Waals surface area contributed by atoms with Crippen molar-refractivity contribution in [3.8, 4) is 5.75 Å². The first kappa shape index (κ1) is 17.5. The van der Waals surface area contributed by atoms with Crippen LogP contribution in [0.3, 0.4) is 0 Å². The van der Waals surface area contributed by atoms with Crippen LogP contribution in [0.1, 0.15) is 11.3 Å². The molecule has 0 radical (unpaired) electrons. The summed E-state index contributed by atoms with van der Waals surface area (Å²) in [4.78, 5) is 15.9. The standard InChI is InChI=1S/C16H16N6O3S/c23-13-6-2-1-4-11(13)8-18-20-15-19-16(22-21-15)26-10-14(24)17-9-12-5-3-7-25-12/h1-8,23H,9-10H2,(H,17,24)(H2,19,20,21,22)/b18-8+. The number of H-pyrrole nitrogens is 1. The van der Waals surface area contributed by atoms with Crippen LogP contribution >= 0.6 is 11.8 Å². The maximum atomic E-state index is 11.8. The predicted octanol–water partition coefficient (Wildman–Crippen LogP) is 1.96. The molecular formula is C16H16N6O3S. The molecule has 0 spiro atoms. The van der Waals surface area contributed by atoms with Gasteiger partial charge in [-0.1, -0.05) is 23.9 Å². The average molecular weight is 372 g/mol. The molecule has 3 aromatic rings. The second-order valence-corrected chi connectivity index (χ2v) is 5.98. The van der Waals surface area contributed by atoms with Crippen LogP contribution in [0.2, 0.25) is 0 Å². The van der Waals surface area contributed by atoms with Gasteiger partial charge in [0.05, 0.1) is 24.8 Å². The molecule has 3 rings (SSSR count). The maximum Gasteiger partial charge on any atom is 0.240 e. The zero-order valence-corrected chi connectivity index (χ0v) is 14.4. The van der Waals surface area contributed by atoms with Gasteiger partial charge in [0.1, 0.15) is 11.5 Å². The van der Waals surface area contributed by atoms with Crippen LogP contribution < -0.4 is 10.7 Å². The van der Waals surface area contributed by atoms with Crippen LogP contribution in [0.25, 0.3) is 0 Å². The summed E-state index contributed by atoms with van der Waals surface area (Å²) in [5.74, 6) is 1.18. The molecule has 9 nitrogen and oxygen atoms in total. The lowest BCUT2D eigenvalue weighted by atomic mass is 10.2. The largest absolute Gasteiger partial charge is 0.507 e. The van der Waals surface area contributed by atoms with Gasteiger partial charge in [-0.3, -0.25) is 4.79 Å². The number of hydrogen-bond donors (Lipinski definition) is 4. The number of aromatic nitrogens is 3. The fraction of sp³-hybridized carbons (Fsp3) is 0.125.